The van der Waals surface area contributed by atoms with E-state index in [1.165, 1.54) is 25.2 Å². The van der Waals surface area contributed by atoms with Gasteiger partial charge in [0.05, 0.1) is 42.5 Å². The molecule has 27 atom stereocenters. The molecule has 0 aromatic heterocycles. The van der Waals surface area contributed by atoms with Gasteiger partial charge in [-0.1, -0.05) is 111 Å². The molecule has 8 aliphatic rings. The molecule has 6 heterocycles. The number of aliphatic hydroxyl groups excluding tert-OH is 1. The Balaban J connectivity index is 0.000000306. The largest absolute Gasteiger partial charge is 0.512 e. The number of esters is 2. The molecule has 0 aromatic rings. The molecular weight excluding hydrogens is 1410 g/mol. The first-order valence-corrected chi connectivity index (χ1v) is 40.8. The van der Waals surface area contributed by atoms with Crippen molar-refractivity contribution in [2.45, 2.75) is 297 Å². The minimum Gasteiger partial charge on any atom is -0.512 e. The van der Waals surface area contributed by atoms with Crippen molar-refractivity contribution in [2.24, 2.45) is 76.9 Å². The predicted molar refractivity (Wildman–Crippen MR) is 416 cm³/mol. The van der Waals surface area contributed by atoms with Crippen LogP contribution in [0.5, 0.6) is 0 Å². The van der Waals surface area contributed by atoms with Crippen LogP contribution < -0.4 is 0 Å². The van der Waals surface area contributed by atoms with E-state index in [0.717, 1.165) is 60.1 Å². The van der Waals surface area contributed by atoms with Crippen molar-refractivity contribution < 1.29 is 101 Å². The van der Waals surface area contributed by atoms with E-state index in [0.29, 0.717) is 68.8 Å². The Morgan fingerprint density at radius 2 is 0.927 bits per heavy atom. The van der Waals surface area contributed by atoms with Gasteiger partial charge in [0.25, 0.3) is 23.4 Å². The zero-order valence-corrected chi connectivity index (χ0v) is 69.8. The third-order valence-electron chi connectivity index (χ3n) is 25.8. The van der Waals surface area contributed by atoms with Gasteiger partial charge in [0.2, 0.25) is 11.6 Å². The highest BCUT2D eigenvalue weighted by Crippen LogP contribution is 2.43. The summed E-state index contributed by atoms with van der Waals surface area (Å²) in [4.78, 5) is 115. The van der Waals surface area contributed by atoms with Gasteiger partial charge >= 0.3 is 11.9 Å². The number of allylic oxidation sites excluding steroid dienone is 8. The number of cyclic esters (lactones) is 2. The molecule has 4 saturated heterocycles. The molecule has 0 radical (unpaired) electrons. The lowest BCUT2D eigenvalue weighted by Crippen LogP contribution is -2.63. The summed E-state index contributed by atoms with van der Waals surface area (Å²) in [5.41, 5.74) is 3.61. The molecule has 6 aliphatic heterocycles. The standard InChI is InChI=1S/C45H71NO10.C42H65NO11/c1-12-14-34-20-26(2)19-27(3)21-38(53-10)41-39(54-11)24-31(7)45(51,56-41)42(48)43(49)46-18-13-15-35(46)44(50)55-40(32(8)29(5)23-36(34)47)30(6)22-33-17-16-28(4)37(25-33)52-9;1-23-16-24(2)18-35(51-9)38-36(52-10)20-28(6)42(49,54-38)39(46)40(47)43-15-11-12-31(43)41(48)53-37(29(7)33(45)22-32(44)26(4)17-23)27(5)19-30-14-13-25(3)34(21-30)50-8/h12,20,22,27-29,31-35,37-41,51H,1,13-19,21,23-25H2,2-11H3;17,19,22,24-26,28-31,34-38,45,49H,11-16,18,20-21H2,1-10H3/b26-20+,30-22+;23-17+,27-19+,33-22-. The van der Waals surface area contributed by atoms with Gasteiger partial charge in [-0.25, -0.2) is 9.59 Å². The summed E-state index contributed by atoms with van der Waals surface area (Å²) in [6.07, 6.45) is 16.4. The van der Waals surface area contributed by atoms with Gasteiger partial charge in [0.1, 0.15) is 48.0 Å². The fourth-order valence-corrected chi connectivity index (χ4v) is 18.7. The van der Waals surface area contributed by atoms with Gasteiger partial charge in [0.15, 0.2) is 5.78 Å². The molecule has 620 valence electrons. The van der Waals surface area contributed by atoms with Gasteiger partial charge in [-0.05, 0) is 189 Å². The van der Waals surface area contributed by atoms with Crippen molar-refractivity contribution in [3.05, 3.63) is 71.1 Å². The molecule has 0 spiro atoms. The lowest BCUT2D eigenvalue weighted by atomic mass is 9.77. The van der Waals surface area contributed by atoms with Crippen LogP contribution in [0.3, 0.4) is 0 Å². The highest BCUT2D eigenvalue weighted by Gasteiger charge is 2.59. The van der Waals surface area contributed by atoms with Gasteiger partial charge in [-0.15, -0.1) is 6.58 Å². The van der Waals surface area contributed by atoms with Crippen molar-refractivity contribution in [1.82, 2.24) is 9.80 Å². The minimum atomic E-state index is -2.48. The van der Waals surface area contributed by atoms with Crippen molar-refractivity contribution in [1.29, 1.82) is 0 Å². The van der Waals surface area contributed by atoms with Crippen molar-refractivity contribution in [2.75, 3.05) is 55.7 Å². The molecular formula is C87H136N2O21. The molecule has 2 amide bonds. The fraction of sp³-hybridized carbons (Fsp3) is 0.770. The molecule has 110 heavy (non-hydrogen) atoms. The zero-order valence-electron chi connectivity index (χ0n) is 69.8. The first-order valence-electron chi connectivity index (χ1n) is 40.8. The van der Waals surface area contributed by atoms with Crippen LogP contribution in [0.2, 0.25) is 0 Å². The Morgan fingerprint density at radius 3 is 1.35 bits per heavy atom. The van der Waals surface area contributed by atoms with Crippen LogP contribution in [-0.4, -0.2) is 212 Å². The number of carbonyl (C=O) groups is 8. The number of hydrogen-bond donors (Lipinski definition) is 3. The van der Waals surface area contributed by atoms with Gasteiger partial charge in [-0.3, -0.25) is 28.8 Å². The summed E-state index contributed by atoms with van der Waals surface area (Å²) in [6, 6.07) is -2.12. The summed E-state index contributed by atoms with van der Waals surface area (Å²) < 4.78 is 60.0. The number of rotatable bonds is 12. The predicted octanol–water partition coefficient (Wildman–Crippen LogP) is 12.5. The van der Waals surface area contributed by atoms with E-state index in [9.17, 15) is 53.7 Å². The number of nitrogens with zero attached hydrogens (tertiary/aromatic N) is 2. The average Bonchev–Trinajstić information content (AvgIpc) is 1.09. The van der Waals surface area contributed by atoms with Crippen LogP contribution in [0, 0.1) is 76.9 Å². The highest BCUT2D eigenvalue weighted by atomic mass is 16.7. The van der Waals surface area contributed by atoms with Crippen LogP contribution in [0.25, 0.3) is 0 Å². The third kappa shape index (κ3) is 22.3. The Kier molecular flexibility index (Phi) is 34.2. The molecule has 27 unspecified atom stereocenters. The van der Waals surface area contributed by atoms with Crippen LogP contribution in [0.15, 0.2) is 71.1 Å². The Bertz CT molecular complexity index is 3340. The van der Waals surface area contributed by atoms with Crippen LogP contribution in [-0.2, 0) is 85.7 Å². The molecule has 23 heteroatoms. The second-order valence-corrected chi connectivity index (χ2v) is 34.4. The smallest absolute Gasteiger partial charge is 0.329 e. The second-order valence-electron chi connectivity index (χ2n) is 34.4. The van der Waals surface area contributed by atoms with E-state index in [4.69, 9.17) is 47.4 Å². The minimum absolute atomic E-state index is 0.0352. The van der Waals surface area contributed by atoms with E-state index in [1.807, 2.05) is 54.5 Å². The number of ether oxygens (including phenoxy) is 10. The fourth-order valence-electron chi connectivity index (χ4n) is 18.7. The normalized spacial score (nSPS) is 41.6. The van der Waals surface area contributed by atoms with Crippen molar-refractivity contribution in [3.8, 4) is 0 Å². The average molecular weight is 1550 g/mol. The topological polar surface area (TPSA) is 296 Å². The molecule has 4 bridgehead atoms. The second kappa shape index (κ2) is 41.1. The quantitative estimate of drug-likeness (QED) is 0.0929. The first kappa shape index (κ1) is 91.6. The molecule has 8 rings (SSSR count). The Hall–Kier alpha value is -5.60. The van der Waals surface area contributed by atoms with E-state index in [-0.39, 0.29) is 110 Å². The van der Waals surface area contributed by atoms with Crippen LogP contribution >= 0.6 is 0 Å². The molecule has 3 N–H and O–H groups in total. The molecule has 2 aliphatic carbocycles. The number of amides is 2. The number of fused-ring (bicyclic) bond motifs is 6. The number of methoxy groups -OCH3 is 6. The summed E-state index contributed by atoms with van der Waals surface area (Å²) in [6.45, 7) is 31.3. The molecule has 23 nitrogen and oxygen atoms in total. The number of hydrogen-bond acceptors (Lipinski definition) is 21. The SMILES string of the molecule is C=CCC1/C=C(\C)CC(C)CC(OC)C2OC(O)(C(=O)C(=O)N3CCCC3C(=O)OC(/C(C)=C/C3CCC(C)C(OC)C3)C(C)C(C)CC1=O)C(C)CC2OC.COC1CC(/C=C(\C)C2OC(=O)C3CCCN3C(=O)C(=O)C3(O)OC(C(OC)CC(C)C/C(C)=C/C(C)C(=O)/C=C(\O)C2C)C(OC)CC3C)CCC1C. The summed E-state index contributed by atoms with van der Waals surface area (Å²) in [5.74, 6) is -13.3. The summed E-state index contributed by atoms with van der Waals surface area (Å²) in [5, 5.41) is 35.3. The van der Waals surface area contributed by atoms with Crippen LogP contribution in [0.4, 0.5) is 0 Å². The van der Waals surface area contributed by atoms with E-state index >= 15 is 0 Å². The molecule has 6 fully saturated rings. The highest BCUT2D eigenvalue weighted by molar-refractivity contribution is 6.39. The first-order chi connectivity index (χ1) is 51.9. The number of ketones is 4. The maximum Gasteiger partial charge on any atom is 0.329 e. The number of Topliss-reactive ketones (excluding diaryl/α,β-unsaturated/α-hetero) is 3. The monoisotopic (exact) mass is 1540 g/mol. The van der Waals surface area contributed by atoms with Gasteiger partial charge in [0, 0.05) is 97.8 Å². The van der Waals surface area contributed by atoms with Gasteiger partial charge in [-0.2, -0.15) is 0 Å². The Labute approximate surface area is 655 Å². The lowest BCUT2D eigenvalue weighted by Gasteiger charge is -2.46. The lowest BCUT2D eigenvalue weighted by molar-refractivity contribution is -0.302. The summed E-state index contributed by atoms with van der Waals surface area (Å²) in [7, 11) is 9.62. The molecule has 2 saturated carbocycles. The zero-order chi connectivity index (χ0) is 81.5. The third-order valence-corrected chi connectivity index (χ3v) is 25.8. The van der Waals surface area contributed by atoms with Crippen molar-refractivity contribution >= 4 is 46.9 Å². The molecule has 0 aromatic carbocycles. The van der Waals surface area contributed by atoms with Gasteiger partial charge < -0.3 is 72.5 Å². The maximum absolute atomic E-state index is 14.3. The van der Waals surface area contributed by atoms with E-state index in [1.54, 1.807) is 62.2 Å². The summed E-state index contributed by atoms with van der Waals surface area (Å²) >= 11 is 0. The number of carbonyl (C=O) groups excluding carboxylic acids is 8. The van der Waals surface area contributed by atoms with Crippen LogP contribution in [0.1, 0.15) is 213 Å². The van der Waals surface area contributed by atoms with E-state index in [2.05, 4.69) is 45.6 Å². The Morgan fingerprint density at radius 1 is 0.527 bits per heavy atom. The van der Waals surface area contributed by atoms with Crippen molar-refractivity contribution in [3.63, 3.8) is 0 Å². The van der Waals surface area contributed by atoms with E-state index < -0.39 is 131 Å². The maximum atomic E-state index is 14.3. The number of aliphatic hydroxyl groups is 3.